The lowest BCUT2D eigenvalue weighted by atomic mass is 10.5. The van der Waals surface area contributed by atoms with Gasteiger partial charge in [0.15, 0.2) is 0 Å². The summed E-state index contributed by atoms with van der Waals surface area (Å²) in [6.45, 7) is 0. The molecule has 11 heavy (non-hydrogen) atoms. The first kappa shape index (κ1) is 10.3. The van der Waals surface area contributed by atoms with Gasteiger partial charge in [0.25, 0.3) is 0 Å². The first-order valence-electron chi connectivity index (χ1n) is 3.09. The Hall–Kier alpha value is -0.710. The minimum atomic E-state index is -0.345. The van der Waals surface area contributed by atoms with Crippen molar-refractivity contribution in [1.29, 1.82) is 0 Å². The van der Waals surface area contributed by atoms with Crippen LogP contribution in [0.3, 0.4) is 0 Å². The Morgan fingerprint density at radius 2 is 2.18 bits per heavy atom. The van der Waals surface area contributed by atoms with E-state index in [1.54, 1.807) is 0 Å². The predicted molar refractivity (Wildman–Crippen MR) is 43.2 cm³/mol. The van der Waals surface area contributed by atoms with Crippen LogP contribution in [0.2, 0.25) is 0 Å². The zero-order valence-corrected chi connectivity index (χ0v) is 7.15. The number of amides is 1. The third-order valence-corrected chi connectivity index (χ3v) is 1.87. The molecule has 4 nitrogen and oxygen atoms in total. The van der Waals surface area contributed by atoms with Crippen molar-refractivity contribution >= 4 is 23.6 Å². The van der Waals surface area contributed by atoms with Gasteiger partial charge in [-0.2, -0.15) is 0 Å². The number of carbonyl (C=O) groups is 2. The molecule has 0 radical (unpaired) electrons. The number of hydrogen-bond donors (Lipinski definition) is 1. The lowest BCUT2D eigenvalue weighted by Gasteiger charge is -1.97. The summed E-state index contributed by atoms with van der Waals surface area (Å²) < 4.78 is 4.38. The van der Waals surface area contributed by atoms with E-state index < -0.39 is 0 Å². The van der Waals surface area contributed by atoms with E-state index in [0.29, 0.717) is 12.2 Å². The van der Waals surface area contributed by atoms with Crippen LogP contribution in [0.1, 0.15) is 6.42 Å². The number of nitrogens with two attached hydrogens (primary N) is 1. The number of thioether (sulfide) groups is 1. The van der Waals surface area contributed by atoms with Crippen molar-refractivity contribution in [3.8, 4) is 0 Å². The molecule has 1 amide bonds. The van der Waals surface area contributed by atoms with Crippen molar-refractivity contribution in [2.75, 3.05) is 18.6 Å². The van der Waals surface area contributed by atoms with Crippen molar-refractivity contribution < 1.29 is 14.3 Å². The number of methoxy groups -OCH3 is 1. The molecule has 5 heteroatoms. The van der Waals surface area contributed by atoms with Crippen molar-refractivity contribution in [2.24, 2.45) is 5.73 Å². The summed E-state index contributed by atoms with van der Waals surface area (Å²) in [5, 5.41) is 0. The number of rotatable bonds is 5. The molecule has 0 rings (SSSR count). The molecular weight excluding hydrogens is 166 g/mol. The third-order valence-electron chi connectivity index (χ3n) is 0.940. The molecule has 0 saturated heterocycles. The summed E-state index contributed by atoms with van der Waals surface area (Å²) in [5.41, 5.74) is 4.87. The number of esters is 1. The summed E-state index contributed by atoms with van der Waals surface area (Å²) in [6, 6.07) is 0. The monoisotopic (exact) mass is 177 g/mol. The van der Waals surface area contributed by atoms with E-state index in [4.69, 9.17) is 5.73 Å². The minimum absolute atomic E-state index is 0.278. The molecule has 0 aliphatic rings. The first-order valence-corrected chi connectivity index (χ1v) is 4.25. The molecule has 0 aliphatic heterocycles. The van der Waals surface area contributed by atoms with Crippen LogP contribution in [0.5, 0.6) is 0 Å². The fraction of sp³-hybridized carbons (Fsp3) is 0.667. The largest absolute Gasteiger partial charge is 0.468 e. The van der Waals surface area contributed by atoms with Gasteiger partial charge < -0.3 is 10.5 Å². The van der Waals surface area contributed by atoms with Crippen LogP contribution in [-0.2, 0) is 14.3 Å². The van der Waals surface area contributed by atoms with Crippen LogP contribution in [0.15, 0.2) is 0 Å². The van der Waals surface area contributed by atoms with Crippen LogP contribution < -0.4 is 5.73 Å². The maximum Gasteiger partial charge on any atom is 0.315 e. The van der Waals surface area contributed by atoms with E-state index in [-0.39, 0.29) is 17.6 Å². The van der Waals surface area contributed by atoms with Crippen molar-refractivity contribution in [2.45, 2.75) is 6.42 Å². The van der Waals surface area contributed by atoms with Gasteiger partial charge >= 0.3 is 5.97 Å². The Kier molecular flexibility index (Phi) is 5.64. The van der Waals surface area contributed by atoms with E-state index in [0.717, 1.165) is 0 Å². The maximum absolute atomic E-state index is 10.5. The molecule has 0 atom stereocenters. The Labute approximate surface area is 69.5 Å². The zero-order valence-electron chi connectivity index (χ0n) is 6.33. The molecule has 0 unspecified atom stereocenters. The Morgan fingerprint density at radius 1 is 1.55 bits per heavy atom. The minimum Gasteiger partial charge on any atom is -0.468 e. The SMILES string of the molecule is COC(=O)CSCCC(N)=O. The molecule has 0 saturated carbocycles. The fourth-order valence-corrected chi connectivity index (χ4v) is 1.16. The van der Waals surface area contributed by atoms with Gasteiger partial charge in [-0.1, -0.05) is 0 Å². The van der Waals surface area contributed by atoms with Crippen LogP contribution in [0, 0.1) is 0 Å². The summed E-state index contributed by atoms with van der Waals surface area (Å²) in [5.74, 6) is 0.232. The second kappa shape index (κ2) is 6.03. The lowest BCUT2D eigenvalue weighted by Crippen LogP contribution is -2.12. The van der Waals surface area contributed by atoms with Crippen molar-refractivity contribution in [1.82, 2.24) is 0 Å². The highest BCUT2D eigenvalue weighted by molar-refractivity contribution is 7.99. The first-order chi connectivity index (χ1) is 5.16. The molecular formula is C6H11NO3S. The highest BCUT2D eigenvalue weighted by Crippen LogP contribution is 2.01. The molecule has 0 aliphatic carbocycles. The summed E-state index contributed by atoms with van der Waals surface area (Å²) in [4.78, 5) is 20.7. The van der Waals surface area contributed by atoms with Gasteiger partial charge in [0, 0.05) is 12.2 Å². The second-order valence-corrected chi connectivity index (χ2v) is 2.95. The van der Waals surface area contributed by atoms with Gasteiger partial charge in [-0.3, -0.25) is 9.59 Å². The highest BCUT2D eigenvalue weighted by Gasteiger charge is 2.00. The van der Waals surface area contributed by atoms with Crippen molar-refractivity contribution in [3.63, 3.8) is 0 Å². The smallest absolute Gasteiger partial charge is 0.315 e. The number of primary amides is 1. The van der Waals surface area contributed by atoms with Crippen LogP contribution in [0.25, 0.3) is 0 Å². The molecule has 0 aromatic rings. The maximum atomic E-state index is 10.5. The van der Waals surface area contributed by atoms with Gasteiger partial charge in [0.05, 0.1) is 12.9 Å². The second-order valence-electron chi connectivity index (χ2n) is 1.85. The van der Waals surface area contributed by atoms with E-state index in [1.807, 2.05) is 0 Å². The molecule has 0 fully saturated rings. The van der Waals surface area contributed by atoms with Gasteiger partial charge in [0.2, 0.25) is 5.91 Å². The quantitative estimate of drug-likeness (QED) is 0.465. The van der Waals surface area contributed by atoms with E-state index >= 15 is 0 Å². The molecule has 64 valence electrons. The average molecular weight is 177 g/mol. The van der Waals surface area contributed by atoms with Gasteiger partial charge in [-0.25, -0.2) is 0 Å². The molecule has 0 bridgehead atoms. The Balaban J connectivity index is 3.14. The summed E-state index contributed by atoms with van der Waals surface area (Å²) in [7, 11) is 1.33. The molecule has 0 spiro atoms. The average Bonchev–Trinajstić information content (AvgIpc) is 1.97. The van der Waals surface area contributed by atoms with Crippen molar-refractivity contribution in [3.05, 3.63) is 0 Å². The predicted octanol–water partition coefficient (Wildman–Crippen LogP) is -0.232. The van der Waals surface area contributed by atoms with E-state index in [2.05, 4.69) is 4.74 Å². The normalized spacial score (nSPS) is 9.18. The molecule has 2 N–H and O–H groups in total. The van der Waals surface area contributed by atoms with E-state index in [1.165, 1.54) is 18.9 Å². The lowest BCUT2D eigenvalue weighted by molar-refractivity contribution is -0.137. The topological polar surface area (TPSA) is 69.4 Å². The summed E-state index contributed by atoms with van der Waals surface area (Å²) >= 11 is 1.34. The number of carbonyl (C=O) groups excluding carboxylic acids is 2. The highest BCUT2D eigenvalue weighted by atomic mass is 32.2. The Bertz CT molecular complexity index is 149. The van der Waals surface area contributed by atoms with Gasteiger partial charge in [-0.05, 0) is 0 Å². The fourth-order valence-electron chi connectivity index (χ4n) is 0.387. The van der Waals surface area contributed by atoms with Crippen LogP contribution >= 0.6 is 11.8 Å². The number of hydrogen-bond acceptors (Lipinski definition) is 4. The number of ether oxygens (including phenoxy) is 1. The Morgan fingerprint density at radius 3 is 2.64 bits per heavy atom. The summed E-state index contributed by atoms with van der Waals surface area (Å²) in [6.07, 6.45) is 0.307. The molecule has 0 heterocycles. The van der Waals surface area contributed by atoms with E-state index in [9.17, 15) is 9.59 Å². The zero-order chi connectivity index (χ0) is 8.69. The van der Waals surface area contributed by atoms with Gasteiger partial charge in [0.1, 0.15) is 0 Å². The standard InChI is InChI=1S/C6H11NO3S/c1-10-6(9)4-11-3-2-5(7)8/h2-4H2,1H3,(H2,7,8). The molecule has 0 aromatic heterocycles. The van der Waals surface area contributed by atoms with Crippen LogP contribution in [0.4, 0.5) is 0 Å². The van der Waals surface area contributed by atoms with Crippen LogP contribution in [-0.4, -0.2) is 30.5 Å². The third kappa shape index (κ3) is 7.18. The van der Waals surface area contributed by atoms with Gasteiger partial charge in [-0.15, -0.1) is 11.8 Å². The molecule has 0 aromatic carbocycles.